The first kappa shape index (κ1) is 33.7. The van der Waals surface area contributed by atoms with Crippen molar-refractivity contribution in [3.63, 3.8) is 0 Å². The molecule has 2 unspecified atom stereocenters. The van der Waals surface area contributed by atoms with Gasteiger partial charge in [-0.05, 0) is 69.0 Å². The van der Waals surface area contributed by atoms with Gasteiger partial charge in [-0.15, -0.1) is 0 Å². The highest BCUT2D eigenvalue weighted by Gasteiger charge is 2.60. The number of nitrogens with one attached hydrogen (secondary N) is 1. The number of amidine groups is 1. The molecule has 2 aliphatic rings. The maximum atomic E-state index is 15.0. The maximum absolute atomic E-state index is 15.0. The number of amides is 3. The van der Waals surface area contributed by atoms with Gasteiger partial charge in [0.2, 0.25) is 5.91 Å². The van der Waals surface area contributed by atoms with E-state index in [0.29, 0.717) is 59.7 Å². The third-order valence-corrected chi connectivity index (χ3v) is 9.79. The Morgan fingerprint density at radius 2 is 1.54 bits per heavy atom. The van der Waals surface area contributed by atoms with Crippen LogP contribution < -0.4 is 10.1 Å². The van der Waals surface area contributed by atoms with Crippen LogP contribution in [0.3, 0.4) is 0 Å². The number of likely N-dealkylation sites (tertiary alicyclic amines) is 1. The van der Waals surface area contributed by atoms with E-state index >= 15 is 4.79 Å². The lowest BCUT2D eigenvalue weighted by Crippen LogP contribution is -2.59. The number of carbonyl (C=O) groups excluding carboxylic acids is 2. The van der Waals surface area contributed by atoms with Gasteiger partial charge in [0.05, 0.1) is 12.2 Å². The molecule has 1 aromatic heterocycles. The molecular weight excluding hydrogens is 621 g/mol. The van der Waals surface area contributed by atoms with E-state index in [-0.39, 0.29) is 23.4 Å². The van der Waals surface area contributed by atoms with Crippen molar-refractivity contribution < 1.29 is 14.3 Å². The molecule has 1 N–H and O–H groups in total. The predicted octanol–water partition coefficient (Wildman–Crippen LogP) is 7.70. The third kappa shape index (κ3) is 6.21. The number of urea groups is 1. The van der Waals surface area contributed by atoms with Gasteiger partial charge in [-0.1, -0.05) is 68.2 Å². The molecule has 1 saturated heterocycles. The molecule has 10 heteroatoms. The Labute approximate surface area is 282 Å². The van der Waals surface area contributed by atoms with Crippen molar-refractivity contribution >= 4 is 41.0 Å². The molecule has 3 heterocycles. The number of pyridine rings is 1. The molecule has 2 atom stereocenters. The highest BCUT2D eigenvalue weighted by atomic mass is 35.5. The molecule has 244 valence electrons. The Bertz CT molecular complexity index is 1630. The number of hydrogen-bond donors (Lipinski definition) is 1. The summed E-state index contributed by atoms with van der Waals surface area (Å²) >= 11 is 12.7. The van der Waals surface area contributed by atoms with Gasteiger partial charge in [-0.25, -0.2) is 4.79 Å². The fourth-order valence-electron chi connectivity index (χ4n) is 6.50. The number of halogens is 2. The van der Waals surface area contributed by atoms with Crippen LogP contribution in [-0.4, -0.2) is 58.3 Å². The minimum absolute atomic E-state index is 0.0222. The number of piperidine rings is 1. The van der Waals surface area contributed by atoms with E-state index in [1.165, 1.54) is 6.92 Å². The summed E-state index contributed by atoms with van der Waals surface area (Å²) in [6.07, 6.45) is 3.09. The standard InChI is InChI=1S/C36H43Cl2N5O3/c1-8-46-30-21-31(34(3,4)5)39-22-29(30)32-41-35(6,24-9-13-26(37)14-10-24)36(7,25-11-15-27(38)16-12-25)43(32)33(45)42-19-17-28(18-20-42)40-23(2)44/h9-16,21-22,28H,8,17-20H2,1-7H3,(H,40,44). The summed E-state index contributed by atoms with van der Waals surface area (Å²) in [7, 11) is 0. The topological polar surface area (TPSA) is 87.1 Å². The zero-order chi connectivity index (χ0) is 33.4. The van der Waals surface area contributed by atoms with Crippen molar-refractivity contribution in [2.45, 2.75) is 83.8 Å². The third-order valence-electron chi connectivity index (χ3n) is 9.29. The summed E-state index contributed by atoms with van der Waals surface area (Å²) in [6.45, 7) is 15.3. The highest BCUT2D eigenvalue weighted by molar-refractivity contribution is 6.30. The normalized spacial score (nSPS) is 22.1. The number of carbonyl (C=O) groups is 2. The molecule has 2 aliphatic heterocycles. The lowest BCUT2D eigenvalue weighted by Gasteiger charge is -2.47. The minimum Gasteiger partial charge on any atom is -0.493 e. The number of rotatable bonds is 6. The largest absolute Gasteiger partial charge is 0.493 e. The van der Waals surface area contributed by atoms with Gasteiger partial charge in [-0.2, -0.15) is 0 Å². The molecule has 3 aromatic rings. The molecule has 0 spiro atoms. The Hall–Kier alpha value is -3.62. The zero-order valence-electron chi connectivity index (χ0n) is 27.7. The second kappa shape index (κ2) is 12.9. The Balaban J connectivity index is 1.73. The summed E-state index contributed by atoms with van der Waals surface area (Å²) in [5.41, 5.74) is 1.07. The molecular formula is C36H43Cl2N5O3. The van der Waals surface area contributed by atoms with Crippen LogP contribution in [-0.2, 0) is 21.3 Å². The van der Waals surface area contributed by atoms with Gasteiger partial charge < -0.3 is 15.0 Å². The maximum Gasteiger partial charge on any atom is 0.326 e. The van der Waals surface area contributed by atoms with Crippen molar-refractivity contribution in [2.24, 2.45) is 4.99 Å². The molecule has 0 bridgehead atoms. The molecule has 1 fully saturated rings. The first-order valence-corrected chi connectivity index (χ1v) is 16.6. The second-order valence-electron chi connectivity index (χ2n) is 13.4. The van der Waals surface area contributed by atoms with Gasteiger partial charge in [0.15, 0.2) is 0 Å². The quantitative estimate of drug-likeness (QED) is 0.293. The zero-order valence-corrected chi connectivity index (χ0v) is 29.2. The summed E-state index contributed by atoms with van der Waals surface area (Å²) in [5, 5.41) is 4.21. The van der Waals surface area contributed by atoms with Crippen LogP contribution in [0.1, 0.15) is 83.7 Å². The SMILES string of the molecule is CCOc1cc(C(C)(C)C)ncc1C1=NC(C)(c2ccc(Cl)cc2)C(C)(c2ccc(Cl)cc2)N1C(=O)N1CCC(NC(C)=O)CC1. The van der Waals surface area contributed by atoms with Crippen molar-refractivity contribution in [3.8, 4) is 5.75 Å². The van der Waals surface area contributed by atoms with E-state index in [1.807, 2.05) is 71.3 Å². The predicted molar refractivity (Wildman–Crippen MR) is 184 cm³/mol. The molecule has 0 radical (unpaired) electrons. The number of benzene rings is 2. The number of aromatic nitrogens is 1. The second-order valence-corrected chi connectivity index (χ2v) is 14.3. The van der Waals surface area contributed by atoms with E-state index in [2.05, 4.69) is 39.9 Å². The molecule has 5 rings (SSSR count). The van der Waals surface area contributed by atoms with Crippen LogP contribution in [0.5, 0.6) is 5.75 Å². The van der Waals surface area contributed by atoms with Crippen molar-refractivity contribution in [1.82, 2.24) is 20.1 Å². The van der Waals surface area contributed by atoms with Crippen LogP contribution in [0, 0.1) is 0 Å². The average Bonchev–Trinajstić information content (AvgIpc) is 3.25. The van der Waals surface area contributed by atoms with Crippen molar-refractivity contribution in [3.05, 3.63) is 93.2 Å². The van der Waals surface area contributed by atoms with E-state index in [9.17, 15) is 4.79 Å². The summed E-state index contributed by atoms with van der Waals surface area (Å²) in [6, 6.07) is 17.0. The number of hydrogen-bond acceptors (Lipinski definition) is 5. The van der Waals surface area contributed by atoms with Crippen molar-refractivity contribution in [2.75, 3.05) is 19.7 Å². The van der Waals surface area contributed by atoms with Gasteiger partial charge in [-0.3, -0.25) is 19.7 Å². The van der Waals surface area contributed by atoms with E-state index in [1.54, 1.807) is 6.20 Å². The molecule has 2 aromatic carbocycles. The molecule has 46 heavy (non-hydrogen) atoms. The van der Waals surface area contributed by atoms with E-state index in [0.717, 1.165) is 16.8 Å². The van der Waals surface area contributed by atoms with Gasteiger partial charge in [0.1, 0.15) is 22.7 Å². The highest BCUT2D eigenvalue weighted by Crippen LogP contribution is 2.54. The Morgan fingerprint density at radius 1 is 0.978 bits per heavy atom. The summed E-state index contributed by atoms with van der Waals surface area (Å²) in [4.78, 5) is 40.8. The summed E-state index contributed by atoms with van der Waals surface area (Å²) in [5.74, 6) is 1.02. The van der Waals surface area contributed by atoms with E-state index in [4.69, 9.17) is 37.9 Å². The van der Waals surface area contributed by atoms with Gasteiger partial charge in [0, 0.05) is 59.5 Å². The monoisotopic (exact) mass is 663 g/mol. The molecule has 3 amide bonds. The number of nitrogens with zero attached hydrogens (tertiary/aromatic N) is 4. The van der Waals surface area contributed by atoms with Crippen LogP contribution in [0.4, 0.5) is 4.79 Å². The molecule has 0 saturated carbocycles. The summed E-state index contributed by atoms with van der Waals surface area (Å²) < 4.78 is 6.24. The molecule has 8 nitrogen and oxygen atoms in total. The van der Waals surface area contributed by atoms with E-state index < -0.39 is 11.1 Å². The average molecular weight is 665 g/mol. The number of aliphatic imine (C=N–C) groups is 1. The lowest BCUT2D eigenvalue weighted by atomic mass is 9.71. The minimum atomic E-state index is -1.02. The first-order valence-electron chi connectivity index (χ1n) is 15.8. The molecule has 0 aliphatic carbocycles. The first-order chi connectivity index (χ1) is 21.7. The van der Waals surface area contributed by atoms with Crippen LogP contribution in [0.15, 0.2) is 65.8 Å². The van der Waals surface area contributed by atoms with Gasteiger partial charge >= 0.3 is 6.03 Å². The van der Waals surface area contributed by atoms with Crippen LogP contribution in [0.2, 0.25) is 10.0 Å². The fourth-order valence-corrected chi connectivity index (χ4v) is 6.75. The van der Waals surface area contributed by atoms with Crippen molar-refractivity contribution in [1.29, 1.82) is 0 Å². The lowest BCUT2D eigenvalue weighted by molar-refractivity contribution is -0.119. The number of ether oxygens (including phenoxy) is 1. The Morgan fingerprint density at radius 3 is 2.07 bits per heavy atom. The van der Waals surface area contributed by atoms with Crippen LogP contribution in [0.25, 0.3) is 0 Å². The van der Waals surface area contributed by atoms with Crippen LogP contribution >= 0.6 is 23.2 Å². The smallest absolute Gasteiger partial charge is 0.326 e. The fraction of sp³-hybridized carbons (Fsp3) is 0.444. The Kier molecular flexibility index (Phi) is 9.45. The van der Waals surface area contributed by atoms with Gasteiger partial charge in [0.25, 0.3) is 0 Å².